The van der Waals surface area contributed by atoms with Gasteiger partial charge in [0.2, 0.25) is 0 Å². The first kappa shape index (κ1) is 22.3. The van der Waals surface area contributed by atoms with Crippen LogP contribution in [0.1, 0.15) is 21.6 Å². The maximum Gasteiger partial charge on any atom is 0.422 e. The Bertz CT molecular complexity index is 1180. The van der Waals surface area contributed by atoms with E-state index < -0.39 is 41.4 Å². The van der Waals surface area contributed by atoms with Gasteiger partial charge in [-0.25, -0.2) is 4.39 Å². The summed E-state index contributed by atoms with van der Waals surface area (Å²) >= 11 is 5.86. The molecule has 1 amide bonds. The second kappa shape index (κ2) is 8.42. The van der Waals surface area contributed by atoms with Gasteiger partial charge in [0.1, 0.15) is 17.3 Å². The van der Waals surface area contributed by atoms with Crippen molar-refractivity contribution in [2.45, 2.75) is 20.0 Å². The normalized spacial score (nSPS) is 11.5. The molecule has 0 aliphatic rings. The van der Waals surface area contributed by atoms with Gasteiger partial charge >= 0.3 is 6.18 Å². The lowest BCUT2D eigenvalue weighted by Gasteiger charge is -2.15. The van der Waals surface area contributed by atoms with Gasteiger partial charge in [-0.3, -0.25) is 14.7 Å². The number of aromatic nitrogens is 3. The summed E-state index contributed by atoms with van der Waals surface area (Å²) in [4.78, 5) is 26.9. The van der Waals surface area contributed by atoms with E-state index in [0.717, 1.165) is 12.1 Å². The number of anilines is 1. The lowest BCUT2D eigenvalue weighted by Crippen LogP contribution is -2.22. The minimum absolute atomic E-state index is 0.00522. The van der Waals surface area contributed by atoms with Gasteiger partial charge in [0.15, 0.2) is 11.8 Å². The third kappa shape index (κ3) is 5.05. The van der Waals surface area contributed by atoms with E-state index >= 15 is 0 Å². The highest BCUT2D eigenvalue weighted by Crippen LogP contribution is 2.32. The molecule has 0 bridgehead atoms. The zero-order valence-electron chi connectivity index (χ0n) is 16.1. The summed E-state index contributed by atoms with van der Waals surface area (Å²) in [7, 11) is 0. The number of amides is 1. The maximum atomic E-state index is 14.8. The second-order valence-corrected chi connectivity index (χ2v) is 6.94. The summed E-state index contributed by atoms with van der Waals surface area (Å²) in [5.41, 5.74) is -0.417. The molecule has 7 nitrogen and oxygen atoms in total. The van der Waals surface area contributed by atoms with Crippen LogP contribution in [0.5, 0.6) is 5.75 Å². The van der Waals surface area contributed by atoms with Gasteiger partial charge in [-0.05, 0) is 32.0 Å². The van der Waals surface area contributed by atoms with Crippen molar-refractivity contribution >= 4 is 23.2 Å². The van der Waals surface area contributed by atoms with Gasteiger partial charge in [-0.1, -0.05) is 17.7 Å². The molecule has 1 aromatic carbocycles. The van der Waals surface area contributed by atoms with Crippen molar-refractivity contribution in [1.29, 1.82) is 0 Å². The fraction of sp³-hybridized carbons (Fsp3) is 0.211. The van der Waals surface area contributed by atoms with Crippen LogP contribution in [0.15, 0.2) is 29.1 Å². The number of benzene rings is 1. The van der Waals surface area contributed by atoms with E-state index in [1.54, 1.807) is 6.92 Å². The number of hydrogen-bond donors (Lipinski definition) is 3. The summed E-state index contributed by atoms with van der Waals surface area (Å²) in [6, 6.07) is 4.45. The van der Waals surface area contributed by atoms with Crippen LogP contribution in [0, 0.1) is 19.7 Å². The first-order valence-electron chi connectivity index (χ1n) is 8.71. The number of aromatic amines is 2. The summed E-state index contributed by atoms with van der Waals surface area (Å²) < 4.78 is 57.7. The molecule has 0 saturated heterocycles. The van der Waals surface area contributed by atoms with E-state index in [2.05, 4.69) is 20.5 Å². The number of nitrogens with one attached hydrogen (secondary N) is 3. The number of aryl methyl sites for hydroxylation is 2. The largest absolute Gasteiger partial charge is 0.483 e. The van der Waals surface area contributed by atoms with Gasteiger partial charge in [-0.15, -0.1) is 0 Å². The van der Waals surface area contributed by atoms with E-state index in [4.69, 9.17) is 16.3 Å². The molecule has 12 heteroatoms. The number of carbonyl (C=O) groups is 1. The molecular weight excluding hydrogens is 444 g/mol. The van der Waals surface area contributed by atoms with E-state index in [1.165, 1.54) is 19.1 Å². The molecule has 0 saturated carbocycles. The Morgan fingerprint density at radius 2 is 1.97 bits per heavy atom. The number of ether oxygens (including phenoxy) is 1. The van der Waals surface area contributed by atoms with Crippen LogP contribution in [-0.4, -0.2) is 33.9 Å². The zero-order valence-corrected chi connectivity index (χ0v) is 16.8. The average molecular weight is 459 g/mol. The molecular formula is C19H15ClF4N4O3. The second-order valence-electron chi connectivity index (χ2n) is 6.58. The molecule has 3 aromatic rings. The van der Waals surface area contributed by atoms with Gasteiger partial charge in [0, 0.05) is 11.1 Å². The van der Waals surface area contributed by atoms with E-state index in [1.807, 2.05) is 0 Å². The number of rotatable bonds is 5. The van der Waals surface area contributed by atoms with Crippen molar-refractivity contribution in [3.63, 3.8) is 0 Å². The van der Waals surface area contributed by atoms with Crippen molar-refractivity contribution < 1.29 is 27.1 Å². The molecule has 0 atom stereocenters. The number of hydrogen-bond acceptors (Lipinski definition) is 4. The first-order chi connectivity index (χ1) is 14.5. The number of nitrogens with zero attached hydrogens (tertiary/aromatic N) is 1. The monoisotopic (exact) mass is 458 g/mol. The minimum Gasteiger partial charge on any atom is -0.483 e. The van der Waals surface area contributed by atoms with Crippen LogP contribution >= 0.6 is 11.6 Å². The third-order valence-corrected chi connectivity index (χ3v) is 4.52. The summed E-state index contributed by atoms with van der Waals surface area (Å²) in [5, 5.41) is 8.48. The summed E-state index contributed by atoms with van der Waals surface area (Å²) in [6.07, 6.45) is -4.70. The average Bonchev–Trinajstić information content (AvgIpc) is 3.00. The quantitative estimate of drug-likeness (QED) is 0.494. The Morgan fingerprint density at radius 3 is 2.55 bits per heavy atom. The van der Waals surface area contributed by atoms with Crippen molar-refractivity contribution in [3.8, 4) is 17.0 Å². The molecule has 164 valence electrons. The molecule has 0 spiro atoms. The topological polar surface area (TPSA) is 99.9 Å². The standard InChI is InChI=1S/C19H15ClF4N4O3/c1-8-3-4-13(25-17(8)29)10-6-14(31-7-19(22,23)24)11(5-12(10)21)18(30)26-15-9(2)27-28-16(15)20/h3-6H,7H2,1-2H3,(H,25,29)(H,26,30)(H,27,28). The molecule has 0 unspecified atom stereocenters. The van der Waals surface area contributed by atoms with Crippen molar-refractivity contribution in [1.82, 2.24) is 15.2 Å². The Labute approximate surface area is 177 Å². The van der Waals surface area contributed by atoms with Gasteiger partial charge in [0.05, 0.1) is 17.0 Å². The number of H-pyrrole nitrogens is 2. The lowest BCUT2D eigenvalue weighted by molar-refractivity contribution is -0.153. The highest BCUT2D eigenvalue weighted by atomic mass is 35.5. The molecule has 3 N–H and O–H groups in total. The maximum absolute atomic E-state index is 14.8. The predicted octanol–water partition coefficient (Wildman–Crippen LogP) is 4.37. The molecule has 3 rings (SSSR count). The third-order valence-electron chi connectivity index (χ3n) is 4.24. The molecule has 0 aliphatic carbocycles. The molecule has 2 heterocycles. The number of alkyl halides is 3. The predicted molar refractivity (Wildman–Crippen MR) is 105 cm³/mol. The van der Waals surface area contributed by atoms with Crippen LogP contribution in [0.25, 0.3) is 11.3 Å². The van der Waals surface area contributed by atoms with Crippen LogP contribution in [-0.2, 0) is 0 Å². The minimum atomic E-state index is -4.70. The summed E-state index contributed by atoms with van der Waals surface area (Å²) in [5.74, 6) is -2.46. The van der Waals surface area contributed by atoms with E-state index in [-0.39, 0.29) is 22.1 Å². The lowest BCUT2D eigenvalue weighted by atomic mass is 10.0. The Balaban J connectivity index is 2.06. The Kier molecular flexibility index (Phi) is 6.07. The van der Waals surface area contributed by atoms with E-state index in [0.29, 0.717) is 11.3 Å². The van der Waals surface area contributed by atoms with Crippen molar-refractivity contribution in [3.05, 3.63) is 62.4 Å². The fourth-order valence-corrected chi connectivity index (χ4v) is 2.88. The number of halogens is 5. The van der Waals surface area contributed by atoms with Crippen molar-refractivity contribution in [2.75, 3.05) is 11.9 Å². The van der Waals surface area contributed by atoms with Gasteiger partial charge in [-0.2, -0.15) is 18.3 Å². The Hall–Kier alpha value is -3.34. The zero-order chi connectivity index (χ0) is 22.9. The molecule has 0 radical (unpaired) electrons. The molecule has 2 aromatic heterocycles. The van der Waals surface area contributed by atoms with Crippen molar-refractivity contribution in [2.24, 2.45) is 0 Å². The fourth-order valence-electron chi connectivity index (χ4n) is 2.65. The van der Waals surface area contributed by atoms with Crippen LogP contribution in [0.3, 0.4) is 0 Å². The first-order valence-corrected chi connectivity index (χ1v) is 9.09. The highest BCUT2D eigenvalue weighted by molar-refractivity contribution is 6.33. The smallest absolute Gasteiger partial charge is 0.422 e. The van der Waals surface area contributed by atoms with E-state index in [9.17, 15) is 27.2 Å². The molecule has 31 heavy (non-hydrogen) atoms. The van der Waals surface area contributed by atoms with Crippen LogP contribution < -0.4 is 15.6 Å². The van der Waals surface area contributed by atoms with Crippen LogP contribution in [0.4, 0.5) is 23.2 Å². The molecule has 0 fully saturated rings. The van der Waals surface area contributed by atoms with Crippen LogP contribution in [0.2, 0.25) is 5.15 Å². The van der Waals surface area contributed by atoms with Gasteiger partial charge in [0.25, 0.3) is 11.5 Å². The number of carbonyl (C=O) groups excluding carboxylic acids is 1. The number of pyridine rings is 1. The SMILES string of the molecule is Cc1[nH]nc(Cl)c1NC(=O)c1cc(F)c(-c2ccc(C)c(=O)[nH]2)cc1OCC(F)(F)F. The Morgan fingerprint density at radius 1 is 1.26 bits per heavy atom. The summed E-state index contributed by atoms with van der Waals surface area (Å²) in [6.45, 7) is 1.37. The van der Waals surface area contributed by atoms with Gasteiger partial charge < -0.3 is 15.0 Å². The highest BCUT2D eigenvalue weighted by Gasteiger charge is 2.30. The molecule has 0 aliphatic heterocycles.